The lowest BCUT2D eigenvalue weighted by molar-refractivity contribution is -0.137. The zero-order valence-electron chi connectivity index (χ0n) is 7.16. The molecule has 1 aliphatic heterocycles. The van der Waals surface area contributed by atoms with Gasteiger partial charge in [0.15, 0.2) is 5.79 Å². The van der Waals surface area contributed by atoms with Gasteiger partial charge in [-0.15, -0.1) is 0 Å². The van der Waals surface area contributed by atoms with E-state index in [1.54, 1.807) is 13.8 Å². The van der Waals surface area contributed by atoms with Crippen LogP contribution in [0.5, 0.6) is 0 Å². The molecule has 12 heavy (non-hydrogen) atoms. The Kier molecular flexibility index (Phi) is 2.54. The standard InChI is InChI=1S/C7H13NO4/c1-7(2)11-4-5(12-7)3-8-6(9)10/h5,8H,3-4H2,1-2H3,(H,9,10). The quantitative estimate of drug-likeness (QED) is 0.637. The fourth-order valence-electron chi connectivity index (χ4n) is 1.06. The van der Waals surface area contributed by atoms with E-state index in [0.717, 1.165) is 0 Å². The van der Waals surface area contributed by atoms with Crippen LogP contribution in [0, 0.1) is 0 Å². The molecule has 5 heteroatoms. The highest BCUT2D eigenvalue weighted by Gasteiger charge is 2.32. The number of rotatable bonds is 2. The fourth-order valence-corrected chi connectivity index (χ4v) is 1.06. The third kappa shape index (κ3) is 2.67. The normalized spacial score (nSPS) is 27.0. The SMILES string of the molecule is CC1(C)OCC(CNC(=O)O)O1. The van der Waals surface area contributed by atoms with Crippen LogP contribution in [0.15, 0.2) is 0 Å². The number of ether oxygens (including phenoxy) is 2. The molecule has 1 amide bonds. The van der Waals surface area contributed by atoms with Crippen LogP contribution >= 0.6 is 0 Å². The van der Waals surface area contributed by atoms with Crippen molar-refractivity contribution in [1.82, 2.24) is 5.32 Å². The molecule has 70 valence electrons. The first kappa shape index (κ1) is 9.28. The average Bonchev–Trinajstić information content (AvgIpc) is 2.26. The maximum absolute atomic E-state index is 10.1. The predicted octanol–water partition coefficient (Wildman–Crippen LogP) is 0.406. The van der Waals surface area contributed by atoms with Gasteiger partial charge >= 0.3 is 6.09 Å². The second kappa shape index (κ2) is 3.28. The minimum atomic E-state index is -1.04. The summed E-state index contributed by atoms with van der Waals surface area (Å²) in [4.78, 5) is 10.1. The van der Waals surface area contributed by atoms with Crippen molar-refractivity contribution in [1.29, 1.82) is 0 Å². The monoisotopic (exact) mass is 175 g/mol. The van der Waals surface area contributed by atoms with E-state index in [1.807, 2.05) is 0 Å². The first-order valence-electron chi connectivity index (χ1n) is 3.78. The molecule has 5 nitrogen and oxygen atoms in total. The molecule has 1 atom stereocenters. The lowest BCUT2D eigenvalue weighted by Crippen LogP contribution is -2.33. The van der Waals surface area contributed by atoms with Crippen molar-refractivity contribution in [3.05, 3.63) is 0 Å². The van der Waals surface area contributed by atoms with Crippen LogP contribution in [-0.4, -0.2) is 36.2 Å². The summed E-state index contributed by atoms with van der Waals surface area (Å²) in [5.74, 6) is -0.579. The number of carbonyl (C=O) groups is 1. The van der Waals surface area contributed by atoms with E-state index in [0.29, 0.717) is 6.61 Å². The molecule has 0 aromatic carbocycles. The Morgan fingerprint density at radius 2 is 2.42 bits per heavy atom. The van der Waals surface area contributed by atoms with Crippen molar-refractivity contribution in [2.75, 3.05) is 13.2 Å². The van der Waals surface area contributed by atoms with Crippen LogP contribution < -0.4 is 5.32 Å². The minimum absolute atomic E-state index is 0.170. The first-order chi connectivity index (χ1) is 5.49. The van der Waals surface area contributed by atoms with E-state index in [4.69, 9.17) is 14.6 Å². The molecule has 0 spiro atoms. The molecular weight excluding hydrogens is 162 g/mol. The van der Waals surface area contributed by atoms with Crippen molar-refractivity contribution in [3.63, 3.8) is 0 Å². The van der Waals surface area contributed by atoms with E-state index in [2.05, 4.69) is 5.32 Å². The number of hydrogen-bond acceptors (Lipinski definition) is 3. The van der Waals surface area contributed by atoms with E-state index >= 15 is 0 Å². The summed E-state index contributed by atoms with van der Waals surface area (Å²) in [7, 11) is 0. The molecule has 0 radical (unpaired) electrons. The van der Waals surface area contributed by atoms with Crippen LogP contribution in [0.25, 0.3) is 0 Å². The second-order valence-electron chi connectivity index (χ2n) is 3.14. The molecule has 2 N–H and O–H groups in total. The maximum Gasteiger partial charge on any atom is 0.404 e. The van der Waals surface area contributed by atoms with Crippen molar-refractivity contribution in [2.45, 2.75) is 25.7 Å². The summed E-state index contributed by atoms with van der Waals surface area (Å²) in [6, 6.07) is 0. The molecular formula is C7H13NO4. The van der Waals surface area contributed by atoms with Crippen molar-refractivity contribution < 1.29 is 19.4 Å². The summed E-state index contributed by atoms with van der Waals surface area (Å²) in [6.07, 6.45) is -1.21. The van der Waals surface area contributed by atoms with Gasteiger partial charge in [-0.2, -0.15) is 0 Å². The summed E-state index contributed by atoms with van der Waals surface area (Å²) >= 11 is 0. The highest BCUT2D eigenvalue weighted by atomic mass is 16.7. The van der Waals surface area contributed by atoms with Gasteiger partial charge in [0.25, 0.3) is 0 Å². The minimum Gasteiger partial charge on any atom is -0.465 e. The summed E-state index contributed by atoms with van der Waals surface area (Å²) in [6.45, 7) is 4.31. The number of carboxylic acid groups (broad SMARTS) is 1. The van der Waals surface area contributed by atoms with Crippen LogP contribution in [-0.2, 0) is 9.47 Å². The van der Waals surface area contributed by atoms with Crippen LogP contribution in [0.1, 0.15) is 13.8 Å². The van der Waals surface area contributed by atoms with Crippen LogP contribution in [0.2, 0.25) is 0 Å². The molecule has 1 aliphatic rings. The Hall–Kier alpha value is -0.810. The van der Waals surface area contributed by atoms with E-state index < -0.39 is 11.9 Å². The number of nitrogens with one attached hydrogen (secondary N) is 1. The topological polar surface area (TPSA) is 67.8 Å². The summed E-state index contributed by atoms with van der Waals surface area (Å²) in [5.41, 5.74) is 0. The van der Waals surface area contributed by atoms with Gasteiger partial charge in [0.05, 0.1) is 6.61 Å². The van der Waals surface area contributed by atoms with Crippen molar-refractivity contribution in [2.24, 2.45) is 0 Å². The van der Waals surface area contributed by atoms with Gasteiger partial charge in [-0.1, -0.05) is 0 Å². The second-order valence-corrected chi connectivity index (χ2v) is 3.14. The molecule has 1 saturated heterocycles. The van der Waals surface area contributed by atoms with Gasteiger partial charge in [0.1, 0.15) is 6.10 Å². The smallest absolute Gasteiger partial charge is 0.404 e. The lowest BCUT2D eigenvalue weighted by Gasteiger charge is -2.16. The van der Waals surface area contributed by atoms with Crippen molar-refractivity contribution in [3.8, 4) is 0 Å². The van der Waals surface area contributed by atoms with E-state index in [9.17, 15) is 4.79 Å². The molecule has 1 unspecified atom stereocenters. The zero-order chi connectivity index (χ0) is 9.19. The Balaban J connectivity index is 2.24. The Bertz CT molecular complexity index is 180. The lowest BCUT2D eigenvalue weighted by atomic mass is 10.4. The van der Waals surface area contributed by atoms with Gasteiger partial charge < -0.3 is 19.9 Å². The Labute approximate surface area is 70.7 Å². The molecule has 0 bridgehead atoms. The van der Waals surface area contributed by atoms with Gasteiger partial charge in [-0.25, -0.2) is 4.79 Å². The number of hydrogen-bond donors (Lipinski definition) is 2. The third-order valence-electron chi connectivity index (χ3n) is 1.55. The Morgan fingerprint density at radius 3 is 2.83 bits per heavy atom. The molecule has 0 aromatic rings. The van der Waals surface area contributed by atoms with Gasteiger partial charge in [-0.3, -0.25) is 0 Å². The Morgan fingerprint density at radius 1 is 1.75 bits per heavy atom. The summed E-state index contributed by atoms with van der Waals surface area (Å²) in [5, 5.41) is 10.5. The fraction of sp³-hybridized carbons (Fsp3) is 0.857. The largest absolute Gasteiger partial charge is 0.465 e. The molecule has 0 saturated carbocycles. The zero-order valence-corrected chi connectivity index (χ0v) is 7.16. The van der Waals surface area contributed by atoms with E-state index in [1.165, 1.54) is 0 Å². The molecule has 1 fully saturated rings. The highest BCUT2D eigenvalue weighted by molar-refractivity contribution is 5.64. The highest BCUT2D eigenvalue weighted by Crippen LogP contribution is 2.21. The van der Waals surface area contributed by atoms with Crippen molar-refractivity contribution >= 4 is 6.09 Å². The molecule has 1 rings (SSSR count). The average molecular weight is 175 g/mol. The maximum atomic E-state index is 10.1. The molecule has 0 aliphatic carbocycles. The first-order valence-corrected chi connectivity index (χ1v) is 3.78. The predicted molar refractivity (Wildman–Crippen MR) is 40.9 cm³/mol. The van der Waals surface area contributed by atoms with E-state index in [-0.39, 0.29) is 12.6 Å². The van der Waals surface area contributed by atoms with Gasteiger partial charge in [-0.05, 0) is 13.8 Å². The number of amides is 1. The molecule has 1 heterocycles. The van der Waals surface area contributed by atoms with Crippen LogP contribution in [0.3, 0.4) is 0 Å². The molecule has 0 aromatic heterocycles. The van der Waals surface area contributed by atoms with Gasteiger partial charge in [0, 0.05) is 6.54 Å². The van der Waals surface area contributed by atoms with Crippen LogP contribution in [0.4, 0.5) is 4.79 Å². The summed E-state index contributed by atoms with van der Waals surface area (Å²) < 4.78 is 10.6. The third-order valence-corrected chi connectivity index (χ3v) is 1.55. The van der Waals surface area contributed by atoms with Gasteiger partial charge in [0.2, 0.25) is 0 Å².